The minimum atomic E-state index is 0.282. The molecule has 0 amide bonds. The third-order valence-corrected chi connectivity index (χ3v) is 4.86. The minimum Gasteiger partial charge on any atom is -0.274 e. The first-order chi connectivity index (χ1) is 12.1. The lowest BCUT2D eigenvalue weighted by molar-refractivity contribution is 0.732. The summed E-state index contributed by atoms with van der Waals surface area (Å²) in [5, 5.41) is 18.7. The number of hydrogen-bond donors (Lipinski definition) is 0. The van der Waals surface area contributed by atoms with Crippen LogP contribution in [0.2, 0.25) is 0 Å². The third kappa shape index (κ3) is 3.92. The van der Waals surface area contributed by atoms with Crippen LogP contribution in [0.5, 0.6) is 0 Å². The fourth-order valence-corrected chi connectivity index (χ4v) is 3.54. The van der Waals surface area contributed by atoms with E-state index in [0.29, 0.717) is 5.56 Å². The molecule has 0 spiro atoms. The molecule has 1 aromatic heterocycles. The first-order valence-corrected chi connectivity index (χ1v) is 9.21. The molecule has 5 heteroatoms. The number of aromatic nitrogens is 3. The number of rotatable bonds is 5. The van der Waals surface area contributed by atoms with Gasteiger partial charge in [-0.25, -0.2) is 0 Å². The van der Waals surface area contributed by atoms with Gasteiger partial charge in [-0.3, -0.25) is 4.57 Å². The molecule has 0 aliphatic heterocycles. The molecule has 3 aromatic rings. The van der Waals surface area contributed by atoms with Gasteiger partial charge >= 0.3 is 0 Å². The summed E-state index contributed by atoms with van der Waals surface area (Å²) >= 11 is 1.64. The molecule has 126 valence electrons. The van der Waals surface area contributed by atoms with Crippen molar-refractivity contribution < 1.29 is 0 Å². The zero-order chi connectivity index (χ0) is 17.8. The Hall–Kier alpha value is -2.58. The van der Waals surface area contributed by atoms with Gasteiger partial charge in [-0.2, -0.15) is 5.26 Å². The molecule has 0 aliphatic carbocycles. The van der Waals surface area contributed by atoms with E-state index in [0.717, 1.165) is 28.0 Å². The summed E-state index contributed by atoms with van der Waals surface area (Å²) in [6.45, 7) is 6.34. The topological polar surface area (TPSA) is 54.5 Å². The van der Waals surface area contributed by atoms with E-state index in [9.17, 15) is 0 Å². The highest BCUT2D eigenvalue weighted by molar-refractivity contribution is 7.98. The average molecular weight is 348 g/mol. The van der Waals surface area contributed by atoms with Crippen LogP contribution in [0, 0.1) is 18.3 Å². The minimum absolute atomic E-state index is 0.282. The maximum Gasteiger partial charge on any atom is 0.196 e. The molecule has 0 N–H and O–H groups in total. The second kappa shape index (κ2) is 7.54. The van der Waals surface area contributed by atoms with E-state index >= 15 is 0 Å². The highest BCUT2D eigenvalue weighted by Crippen LogP contribution is 2.28. The van der Waals surface area contributed by atoms with E-state index in [4.69, 9.17) is 5.26 Å². The highest BCUT2D eigenvalue weighted by atomic mass is 32.2. The molecule has 3 rings (SSSR count). The van der Waals surface area contributed by atoms with Crippen molar-refractivity contribution in [3.8, 4) is 11.8 Å². The Bertz CT molecular complexity index is 921. The molecule has 0 atom stereocenters. The van der Waals surface area contributed by atoms with Gasteiger partial charge in [-0.1, -0.05) is 49.9 Å². The molecule has 0 bridgehead atoms. The lowest BCUT2D eigenvalue weighted by atomic mass is 10.2. The summed E-state index contributed by atoms with van der Waals surface area (Å²) in [5.74, 6) is 1.99. The Morgan fingerprint density at radius 1 is 1.12 bits per heavy atom. The van der Waals surface area contributed by atoms with Gasteiger partial charge in [0.05, 0.1) is 11.6 Å². The Labute approximate surface area is 152 Å². The highest BCUT2D eigenvalue weighted by Gasteiger charge is 2.17. The van der Waals surface area contributed by atoms with Crippen LogP contribution in [0.1, 0.15) is 42.3 Å². The number of nitrogens with zero attached hydrogens (tertiary/aromatic N) is 4. The molecule has 0 radical (unpaired) electrons. The van der Waals surface area contributed by atoms with Crippen LogP contribution in [0.3, 0.4) is 0 Å². The molecule has 0 aliphatic rings. The van der Waals surface area contributed by atoms with Crippen LogP contribution in [-0.2, 0) is 5.75 Å². The van der Waals surface area contributed by atoms with Crippen LogP contribution in [0.25, 0.3) is 5.69 Å². The van der Waals surface area contributed by atoms with Crippen molar-refractivity contribution in [3.05, 3.63) is 71.0 Å². The summed E-state index contributed by atoms with van der Waals surface area (Å²) in [5.41, 5.74) is 4.08. The number of hydrogen-bond acceptors (Lipinski definition) is 4. The molecule has 4 nitrogen and oxygen atoms in total. The normalized spacial score (nSPS) is 10.8. The fraction of sp³-hybridized carbons (Fsp3) is 0.250. The molecule has 2 aromatic carbocycles. The molecule has 25 heavy (non-hydrogen) atoms. The van der Waals surface area contributed by atoms with Crippen LogP contribution in [0.4, 0.5) is 0 Å². The smallest absolute Gasteiger partial charge is 0.196 e. The second-order valence-corrected chi connectivity index (χ2v) is 7.21. The average Bonchev–Trinajstić information content (AvgIpc) is 3.04. The van der Waals surface area contributed by atoms with E-state index in [1.165, 1.54) is 5.56 Å². The van der Waals surface area contributed by atoms with Crippen molar-refractivity contribution in [2.45, 2.75) is 37.6 Å². The quantitative estimate of drug-likeness (QED) is 0.618. The summed E-state index contributed by atoms with van der Waals surface area (Å²) < 4.78 is 2.14. The van der Waals surface area contributed by atoms with Gasteiger partial charge in [0.1, 0.15) is 5.82 Å². The van der Waals surface area contributed by atoms with E-state index in [1.807, 2.05) is 24.3 Å². The van der Waals surface area contributed by atoms with Crippen LogP contribution in [-0.4, -0.2) is 14.8 Å². The first-order valence-electron chi connectivity index (χ1n) is 8.22. The first kappa shape index (κ1) is 17.2. The molecule has 0 saturated carbocycles. The van der Waals surface area contributed by atoms with Gasteiger partial charge < -0.3 is 0 Å². The van der Waals surface area contributed by atoms with Crippen molar-refractivity contribution in [1.29, 1.82) is 5.26 Å². The Morgan fingerprint density at radius 2 is 1.92 bits per heavy atom. The van der Waals surface area contributed by atoms with Crippen molar-refractivity contribution in [3.63, 3.8) is 0 Å². The number of thioether (sulfide) groups is 1. The maximum absolute atomic E-state index is 9.05. The molecular formula is C20H20N4S. The SMILES string of the molecule is Cc1cccc(-n2c(SCc3cccc(C#N)c3)nnc2C(C)C)c1. The second-order valence-electron chi connectivity index (χ2n) is 6.27. The van der Waals surface area contributed by atoms with E-state index < -0.39 is 0 Å². The van der Waals surface area contributed by atoms with E-state index in [1.54, 1.807) is 11.8 Å². The van der Waals surface area contributed by atoms with Crippen LogP contribution >= 0.6 is 11.8 Å². The lowest BCUT2D eigenvalue weighted by Crippen LogP contribution is -2.04. The van der Waals surface area contributed by atoms with Crippen molar-refractivity contribution in [2.24, 2.45) is 0 Å². The zero-order valence-corrected chi connectivity index (χ0v) is 15.4. The van der Waals surface area contributed by atoms with E-state index in [2.05, 4.69) is 65.9 Å². The zero-order valence-electron chi connectivity index (χ0n) is 14.6. The van der Waals surface area contributed by atoms with Crippen molar-refractivity contribution in [2.75, 3.05) is 0 Å². The Kier molecular flexibility index (Phi) is 5.20. The molecule has 1 heterocycles. The van der Waals surface area contributed by atoms with Crippen molar-refractivity contribution in [1.82, 2.24) is 14.8 Å². The number of nitriles is 1. The predicted octanol–water partition coefficient (Wildman–Crippen LogP) is 4.86. The van der Waals surface area contributed by atoms with Crippen LogP contribution < -0.4 is 0 Å². The number of benzene rings is 2. The van der Waals surface area contributed by atoms with Gasteiger partial charge in [0, 0.05) is 17.4 Å². The molecular weight excluding hydrogens is 328 g/mol. The fourth-order valence-electron chi connectivity index (χ4n) is 2.64. The standard InChI is InChI=1S/C20H20N4S/c1-14(2)19-22-23-20(24(19)18-9-4-6-15(3)10-18)25-13-17-8-5-7-16(11-17)12-21/h4-11,14H,13H2,1-3H3. The van der Waals surface area contributed by atoms with Crippen LogP contribution in [0.15, 0.2) is 53.7 Å². The summed E-state index contributed by atoms with van der Waals surface area (Å²) in [6, 6.07) is 18.2. The largest absolute Gasteiger partial charge is 0.274 e. The van der Waals surface area contributed by atoms with Gasteiger partial charge in [0.15, 0.2) is 5.16 Å². The predicted molar refractivity (Wildman–Crippen MR) is 101 cm³/mol. The van der Waals surface area contributed by atoms with Gasteiger partial charge in [-0.05, 0) is 42.3 Å². The van der Waals surface area contributed by atoms with E-state index in [-0.39, 0.29) is 5.92 Å². The monoisotopic (exact) mass is 348 g/mol. The lowest BCUT2D eigenvalue weighted by Gasteiger charge is -2.12. The van der Waals surface area contributed by atoms with Gasteiger partial charge in [0.2, 0.25) is 0 Å². The third-order valence-electron chi connectivity index (χ3n) is 3.86. The molecule has 0 fully saturated rings. The summed E-state index contributed by atoms with van der Waals surface area (Å²) in [6.07, 6.45) is 0. The Morgan fingerprint density at radius 3 is 2.64 bits per heavy atom. The van der Waals surface area contributed by atoms with Gasteiger partial charge in [-0.15, -0.1) is 10.2 Å². The molecule has 0 unspecified atom stereocenters. The maximum atomic E-state index is 9.05. The Balaban J connectivity index is 1.92. The summed E-state index contributed by atoms with van der Waals surface area (Å²) in [7, 11) is 0. The molecule has 0 saturated heterocycles. The summed E-state index contributed by atoms with van der Waals surface area (Å²) in [4.78, 5) is 0. The van der Waals surface area contributed by atoms with Gasteiger partial charge in [0.25, 0.3) is 0 Å². The number of aryl methyl sites for hydroxylation is 1. The van der Waals surface area contributed by atoms with Crippen molar-refractivity contribution >= 4 is 11.8 Å².